The Morgan fingerprint density at radius 3 is 2.89 bits per heavy atom. The average molecular weight is 450 g/mol. The highest BCUT2D eigenvalue weighted by atomic mass is 79.9. The van der Waals surface area contributed by atoms with Crippen LogP contribution in [-0.2, 0) is 19.5 Å². The van der Waals surface area contributed by atoms with E-state index in [1.165, 1.54) is 18.2 Å². The summed E-state index contributed by atoms with van der Waals surface area (Å²) in [6, 6.07) is 3.98. The van der Waals surface area contributed by atoms with Crippen molar-refractivity contribution in [2.24, 2.45) is 0 Å². The second-order valence-corrected chi connectivity index (χ2v) is 8.17. The molecule has 1 aromatic heterocycles. The van der Waals surface area contributed by atoms with Crippen LogP contribution in [-0.4, -0.2) is 51.2 Å². The summed E-state index contributed by atoms with van der Waals surface area (Å²) in [7, 11) is 1.79. The van der Waals surface area contributed by atoms with Crippen LogP contribution in [0.1, 0.15) is 35.1 Å². The molecule has 148 valence electrons. The van der Waals surface area contributed by atoms with Gasteiger partial charge in [-0.15, -0.1) is 0 Å². The summed E-state index contributed by atoms with van der Waals surface area (Å²) in [6.07, 6.45) is 1.45. The molecule has 0 aliphatic carbocycles. The molecule has 0 radical (unpaired) electrons. The Bertz CT molecular complexity index is 960. The van der Waals surface area contributed by atoms with Crippen LogP contribution in [0.15, 0.2) is 22.7 Å². The van der Waals surface area contributed by atoms with Crippen LogP contribution >= 0.6 is 15.9 Å². The van der Waals surface area contributed by atoms with Crippen molar-refractivity contribution < 1.29 is 14.0 Å². The van der Waals surface area contributed by atoms with Gasteiger partial charge in [0.05, 0.1) is 16.7 Å². The number of hydrogen-bond donors (Lipinski definition) is 1. The second kappa shape index (κ2) is 7.20. The molecule has 1 atom stereocenters. The number of rotatable bonds is 1. The number of amides is 3. The minimum absolute atomic E-state index is 0.0522. The summed E-state index contributed by atoms with van der Waals surface area (Å²) >= 11 is 3.13. The van der Waals surface area contributed by atoms with Gasteiger partial charge in [-0.1, -0.05) is 0 Å². The number of aryl methyl sites for hydroxylation is 1. The Labute approximate surface area is 170 Å². The van der Waals surface area contributed by atoms with E-state index in [0.29, 0.717) is 37.4 Å². The lowest BCUT2D eigenvalue weighted by molar-refractivity contribution is 0.0793. The van der Waals surface area contributed by atoms with Crippen molar-refractivity contribution in [3.8, 4) is 0 Å². The van der Waals surface area contributed by atoms with Crippen LogP contribution in [0.4, 0.5) is 14.9 Å². The molecule has 0 saturated carbocycles. The van der Waals surface area contributed by atoms with E-state index in [1.54, 1.807) is 21.5 Å². The highest BCUT2D eigenvalue weighted by Crippen LogP contribution is 2.29. The molecule has 0 fully saturated rings. The van der Waals surface area contributed by atoms with E-state index in [-0.39, 0.29) is 28.3 Å². The van der Waals surface area contributed by atoms with Gasteiger partial charge in [0.15, 0.2) is 0 Å². The largest absolute Gasteiger partial charge is 0.340 e. The lowest BCUT2D eigenvalue weighted by Gasteiger charge is -2.33. The molecule has 1 aromatic carbocycles. The number of carbonyl (C=O) groups is 2. The van der Waals surface area contributed by atoms with Crippen molar-refractivity contribution >= 4 is 33.6 Å². The predicted molar refractivity (Wildman–Crippen MR) is 106 cm³/mol. The lowest BCUT2D eigenvalue weighted by atomic mass is 9.99. The molecule has 0 saturated heterocycles. The van der Waals surface area contributed by atoms with Crippen LogP contribution in [0.2, 0.25) is 0 Å². The quantitative estimate of drug-likeness (QED) is 0.726. The molecule has 0 bridgehead atoms. The molecule has 3 heterocycles. The van der Waals surface area contributed by atoms with E-state index in [9.17, 15) is 14.0 Å². The number of nitrogens with one attached hydrogen (secondary N) is 1. The smallest absolute Gasteiger partial charge is 0.322 e. The number of urea groups is 1. The lowest BCUT2D eigenvalue weighted by Crippen LogP contribution is -2.45. The molecule has 2 aliphatic rings. The van der Waals surface area contributed by atoms with E-state index < -0.39 is 0 Å². The molecule has 9 heteroatoms. The van der Waals surface area contributed by atoms with Crippen molar-refractivity contribution in [1.82, 2.24) is 19.6 Å². The Balaban J connectivity index is 1.60. The van der Waals surface area contributed by atoms with E-state index in [0.717, 1.165) is 17.7 Å². The number of halogens is 2. The normalized spacial score (nSPS) is 19.1. The fourth-order valence-corrected chi connectivity index (χ4v) is 4.16. The topological polar surface area (TPSA) is 70.5 Å². The minimum Gasteiger partial charge on any atom is -0.340 e. The second-order valence-electron chi connectivity index (χ2n) is 7.32. The van der Waals surface area contributed by atoms with E-state index >= 15 is 0 Å². The van der Waals surface area contributed by atoms with Gasteiger partial charge in [0.1, 0.15) is 11.5 Å². The van der Waals surface area contributed by atoms with Crippen LogP contribution in [0.5, 0.6) is 0 Å². The van der Waals surface area contributed by atoms with E-state index in [2.05, 4.69) is 26.3 Å². The maximum Gasteiger partial charge on any atom is 0.322 e. The van der Waals surface area contributed by atoms with Crippen molar-refractivity contribution in [1.29, 1.82) is 0 Å². The average Bonchev–Trinajstić information content (AvgIpc) is 2.93. The SMILES string of the molecule is C[C@@H]1Cc2nn3c(c2CN1C(=O)Nc1ccc(F)c(Br)c1)C(=O)N(C)CCC3. The van der Waals surface area contributed by atoms with E-state index in [1.807, 2.05) is 6.92 Å². The highest BCUT2D eigenvalue weighted by molar-refractivity contribution is 9.10. The third-order valence-corrected chi connectivity index (χ3v) is 5.94. The van der Waals surface area contributed by atoms with Crippen molar-refractivity contribution in [3.05, 3.63) is 45.4 Å². The van der Waals surface area contributed by atoms with Gasteiger partial charge >= 0.3 is 6.03 Å². The van der Waals surface area contributed by atoms with Gasteiger partial charge < -0.3 is 15.1 Å². The van der Waals surface area contributed by atoms with Crippen molar-refractivity contribution in [2.45, 2.75) is 38.9 Å². The molecule has 0 spiro atoms. The molecule has 2 aromatic rings. The van der Waals surface area contributed by atoms with Crippen LogP contribution in [0.3, 0.4) is 0 Å². The fraction of sp³-hybridized carbons (Fsp3) is 0.421. The summed E-state index contributed by atoms with van der Waals surface area (Å²) in [5.74, 6) is -0.442. The molecule has 7 nitrogen and oxygen atoms in total. The Kier molecular flexibility index (Phi) is 4.86. The van der Waals surface area contributed by atoms with Crippen molar-refractivity contribution in [3.63, 3.8) is 0 Å². The minimum atomic E-state index is -0.390. The zero-order valence-corrected chi connectivity index (χ0v) is 17.3. The summed E-state index contributed by atoms with van der Waals surface area (Å²) in [4.78, 5) is 29.1. The first kappa shape index (κ1) is 18.9. The molecule has 28 heavy (non-hydrogen) atoms. The predicted octanol–water partition coefficient (Wildman–Crippen LogP) is 3.24. The first-order chi connectivity index (χ1) is 13.3. The first-order valence-electron chi connectivity index (χ1n) is 9.22. The molecule has 4 rings (SSSR count). The maximum atomic E-state index is 13.4. The molecule has 3 amide bonds. The van der Waals surface area contributed by atoms with E-state index in [4.69, 9.17) is 0 Å². The van der Waals surface area contributed by atoms with Gasteiger partial charge in [0, 0.05) is 43.9 Å². The molecule has 2 aliphatic heterocycles. The van der Waals surface area contributed by atoms with Crippen LogP contribution < -0.4 is 5.32 Å². The van der Waals surface area contributed by atoms with Gasteiger partial charge in [0.25, 0.3) is 5.91 Å². The zero-order valence-electron chi connectivity index (χ0n) is 15.7. The van der Waals surface area contributed by atoms with Crippen molar-refractivity contribution in [2.75, 3.05) is 18.9 Å². The Hall–Kier alpha value is -2.42. The monoisotopic (exact) mass is 449 g/mol. The van der Waals surface area contributed by atoms with Gasteiger partial charge in [-0.25, -0.2) is 9.18 Å². The third kappa shape index (κ3) is 3.28. The number of anilines is 1. The highest BCUT2D eigenvalue weighted by Gasteiger charge is 2.35. The zero-order chi connectivity index (χ0) is 20.0. The summed E-state index contributed by atoms with van der Waals surface area (Å²) in [5, 5.41) is 7.46. The third-order valence-electron chi connectivity index (χ3n) is 5.33. The van der Waals surface area contributed by atoms with Crippen LogP contribution in [0, 0.1) is 5.82 Å². The summed E-state index contributed by atoms with van der Waals surface area (Å²) < 4.78 is 15.5. The molecular weight excluding hydrogens is 429 g/mol. The molecule has 0 unspecified atom stereocenters. The molecular formula is C19H21BrFN5O2. The standard InChI is InChI=1S/C19H21BrFN5O2/c1-11-8-16-13(17-18(27)24(2)6-3-7-26(17)23-16)10-25(11)19(28)22-12-4-5-15(21)14(20)9-12/h4-5,9,11H,3,6-8,10H2,1-2H3,(H,22,28)/t11-/m1/s1. The van der Waals surface area contributed by atoms with Crippen LogP contribution in [0.25, 0.3) is 0 Å². The summed E-state index contributed by atoms with van der Waals surface area (Å²) in [5.41, 5.74) is 2.80. The number of aromatic nitrogens is 2. The number of benzene rings is 1. The number of fused-ring (bicyclic) bond motifs is 3. The van der Waals surface area contributed by atoms with Gasteiger partial charge in [-0.2, -0.15) is 5.10 Å². The van der Waals surface area contributed by atoms with Gasteiger partial charge in [-0.3, -0.25) is 9.48 Å². The number of carbonyl (C=O) groups excluding carboxylic acids is 2. The van der Waals surface area contributed by atoms with Gasteiger partial charge in [-0.05, 0) is 47.5 Å². The Morgan fingerprint density at radius 2 is 2.14 bits per heavy atom. The number of hydrogen-bond acceptors (Lipinski definition) is 3. The number of nitrogens with zero attached hydrogens (tertiary/aromatic N) is 4. The summed E-state index contributed by atoms with van der Waals surface area (Å²) in [6.45, 7) is 3.67. The fourth-order valence-electron chi connectivity index (χ4n) is 3.78. The maximum absolute atomic E-state index is 13.4. The molecule has 1 N–H and O–H groups in total. The van der Waals surface area contributed by atoms with Gasteiger partial charge in [0.2, 0.25) is 0 Å². The Morgan fingerprint density at radius 1 is 1.36 bits per heavy atom. The first-order valence-corrected chi connectivity index (χ1v) is 10.0.